The van der Waals surface area contributed by atoms with Gasteiger partial charge in [-0.25, -0.2) is 4.79 Å². The van der Waals surface area contributed by atoms with Gasteiger partial charge in [0.05, 0.1) is 21.1 Å². The molecule has 2 aromatic heterocycles. The monoisotopic (exact) mass is 411 g/mol. The number of rotatable bonds is 5. The van der Waals surface area contributed by atoms with Gasteiger partial charge in [-0.3, -0.25) is 0 Å². The highest BCUT2D eigenvalue weighted by Gasteiger charge is 2.21. The molecule has 28 heavy (non-hydrogen) atoms. The number of pyridine rings is 1. The van der Waals surface area contributed by atoms with Gasteiger partial charge in [0.1, 0.15) is 12.4 Å². The molecule has 0 aliphatic heterocycles. The van der Waals surface area contributed by atoms with E-state index in [0.29, 0.717) is 39.0 Å². The second-order valence-electron chi connectivity index (χ2n) is 6.25. The summed E-state index contributed by atoms with van der Waals surface area (Å²) in [7, 11) is 0. The van der Waals surface area contributed by atoms with Gasteiger partial charge in [0.2, 0.25) is 0 Å². The van der Waals surface area contributed by atoms with Crippen LogP contribution in [0, 0.1) is 0 Å². The number of hydrogen-bond donors (Lipinski definition) is 1. The molecular weight excluding hydrogens is 397 g/mol. The van der Waals surface area contributed by atoms with Crippen LogP contribution in [0.1, 0.15) is 15.9 Å². The zero-order valence-electron chi connectivity index (χ0n) is 14.6. The molecule has 2 aromatic carbocycles. The number of fused-ring (bicyclic) bond motifs is 1. The van der Waals surface area contributed by atoms with E-state index < -0.39 is 5.97 Å². The summed E-state index contributed by atoms with van der Waals surface area (Å²) in [5, 5.41) is 10.5. The SMILES string of the molecule is O=C(O)c1c(-c2cc(Cl)c(OCc3ccccc3)cc2Cl)cn2ccccc12. The Morgan fingerprint density at radius 1 is 0.964 bits per heavy atom. The molecule has 140 valence electrons. The van der Waals surface area contributed by atoms with Crippen LogP contribution in [0.15, 0.2) is 73.1 Å². The van der Waals surface area contributed by atoms with E-state index in [2.05, 4.69) is 0 Å². The third kappa shape index (κ3) is 3.44. The number of benzene rings is 2. The lowest BCUT2D eigenvalue weighted by molar-refractivity contribution is 0.0700. The van der Waals surface area contributed by atoms with Crippen LogP contribution in [-0.4, -0.2) is 15.5 Å². The van der Waals surface area contributed by atoms with Crippen LogP contribution < -0.4 is 4.74 Å². The molecule has 0 fully saturated rings. The molecule has 0 radical (unpaired) electrons. The van der Waals surface area contributed by atoms with Gasteiger partial charge in [0.15, 0.2) is 0 Å². The molecule has 6 heteroatoms. The van der Waals surface area contributed by atoms with Crippen molar-refractivity contribution in [3.8, 4) is 16.9 Å². The number of hydrogen-bond acceptors (Lipinski definition) is 2. The maximum Gasteiger partial charge on any atom is 0.338 e. The summed E-state index contributed by atoms with van der Waals surface area (Å²) >= 11 is 12.9. The zero-order valence-corrected chi connectivity index (χ0v) is 16.1. The second kappa shape index (κ2) is 7.58. The Balaban J connectivity index is 1.74. The molecule has 0 aliphatic rings. The van der Waals surface area contributed by atoms with Gasteiger partial charge in [0.25, 0.3) is 0 Å². The lowest BCUT2D eigenvalue weighted by atomic mass is 10.0. The van der Waals surface area contributed by atoms with Crippen molar-refractivity contribution >= 4 is 34.7 Å². The van der Waals surface area contributed by atoms with E-state index in [9.17, 15) is 9.90 Å². The molecule has 1 N–H and O–H groups in total. The standard InChI is InChI=1S/C22H15Cl2NO3/c23-17-11-20(28-13-14-6-2-1-3-7-14)18(24)10-15(17)16-12-25-9-5-4-8-19(25)21(16)22(26)27/h1-12H,13H2,(H,26,27). The highest BCUT2D eigenvalue weighted by molar-refractivity contribution is 6.36. The van der Waals surface area contributed by atoms with Crippen molar-refractivity contribution in [1.82, 2.24) is 4.40 Å². The highest BCUT2D eigenvalue weighted by atomic mass is 35.5. The minimum Gasteiger partial charge on any atom is -0.487 e. The highest BCUT2D eigenvalue weighted by Crippen LogP contribution is 2.39. The second-order valence-corrected chi connectivity index (χ2v) is 7.07. The largest absolute Gasteiger partial charge is 0.487 e. The maximum absolute atomic E-state index is 11.9. The zero-order chi connectivity index (χ0) is 19.7. The van der Waals surface area contributed by atoms with E-state index in [1.54, 1.807) is 41.1 Å². The van der Waals surface area contributed by atoms with E-state index in [4.69, 9.17) is 27.9 Å². The normalized spacial score (nSPS) is 10.9. The molecule has 0 atom stereocenters. The molecule has 0 spiro atoms. The smallest absolute Gasteiger partial charge is 0.338 e. The number of carboxylic acids is 1. The Kier molecular flexibility index (Phi) is 4.99. The Labute approximate surface area is 171 Å². The van der Waals surface area contributed by atoms with E-state index in [1.807, 2.05) is 36.4 Å². The predicted molar refractivity (Wildman–Crippen MR) is 111 cm³/mol. The maximum atomic E-state index is 11.9. The van der Waals surface area contributed by atoms with Gasteiger partial charge in [-0.05, 0) is 23.8 Å². The number of carboxylic acid groups (broad SMARTS) is 1. The van der Waals surface area contributed by atoms with Crippen LogP contribution in [0.4, 0.5) is 0 Å². The van der Waals surface area contributed by atoms with E-state index >= 15 is 0 Å². The lowest BCUT2D eigenvalue weighted by Crippen LogP contribution is -1.99. The van der Waals surface area contributed by atoms with Crippen LogP contribution >= 0.6 is 23.2 Å². The summed E-state index contributed by atoms with van der Waals surface area (Å²) in [5.74, 6) is -0.583. The fourth-order valence-electron chi connectivity index (χ4n) is 3.13. The van der Waals surface area contributed by atoms with Crippen molar-refractivity contribution in [2.75, 3.05) is 0 Å². The van der Waals surface area contributed by atoms with Gasteiger partial charge in [-0.2, -0.15) is 0 Å². The summed E-state index contributed by atoms with van der Waals surface area (Å²) in [4.78, 5) is 11.9. The van der Waals surface area contributed by atoms with E-state index in [1.165, 1.54) is 0 Å². The van der Waals surface area contributed by atoms with Gasteiger partial charge < -0.3 is 14.2 Å². The predicted octanol–water partition coefficient (Wildman–Crippen LogP) is 6.19. The quantitative estimate of drug-likeness (QED) is 0.425. The van der Waals surface area contributed by atoms with Gasteiger partial charge >= 0.3 is 5.97 Å². The fourth-order valence-corrected chi connectivity index (χ4v) is 3.61. The van der Waals surface area contributed by atoms with Gasteiger partial charge in [-0.15, -0.1) is 0 Å². The first-order chi connectivity index (χ1) is 13.5. The number of aromatic nitrogens is 1. The fraction of sp³-hybridized carbons (Fsp3) is 0.0455. The molecule has 0 bridgehead atoms. The third-order valence-electron chi connectivity index (χ3n) is 4.45. The summed E-state index contributed by atoms with van der Waals surface area (Å²) in [6.45, 7) is 0.354. The number of nitrogens with zero attached hydrogens (tertiary/aromatic N) is 1. The molecule has 0 saturated carbocycles. The minimum atomic E-state index is -1.03. The molecule has 4 nitrogen and oxygen atoms in total. The molecule has 2 heterocycles. The average Bonchev–Trinajstić information content (AvgIpc) is 3.08. The molecular formula is C22H15Cl2NO3. The average molecular weight is 412 g/mol. The minimum absolute atomic E-state index is 0.177. The Hall–Kier alpha value is -2.95. The first-order valence-corrected chi connectivity index (χ1v) is 9.29. The Morgan fingerprint density at radius 3 is 2.46 bits per heavy atom. The molecule has 4 aromatic rings. The molecule has 0 unspecified atom stereocenters. The van der Waals surface area contributed by atoms with E-state index in [-0.39, 0.29) is 5.56 Å². The molecule has 0 aliphatic carbocycles. The molecule has 0 saturated heterocycles. The van der Waals surface area contributed by atoms with Crippen LogP contribution in [0.3, 0.4) is 0 Å². The van der Waals surface area contributed by atoms with Crippen LogP contribution in [0.5, 0.6) is 5.75 Å². The summed E-state index contributed by atoms with van der Waals surface area (Å²) in [6, 6.07) is 18.3. The third-order valence-corrected chi connectivity index (χ3v) is 5.05. The van der Waals surface area contributed by atoms with Gasteiger partial charge in [0, 0.05) is 29.6 Å². The first kappa shape index (κ1) is 18.4. The Bertz CT molecular complexity index is 1170. The van der Waals surface area contributed by atoms with Gasteiger partial charge in [-0.1, -0.05) is 59.6 Å². The van der Waals surface area contributed by atoms with Crippen molar-refractivity contribution in [1.29, 1.82) is 0 Å². The van der Waals surface area contributed by atoms with Crippen molar-refractivity contribution in [3.63, 3.8) is 0 Å². The lowest BCUT2D eigenvalue weighted by Gasteiger charge is -2.12. The number of carbonyl (C=O) groups is 1. The first-order valence-electron chi connectivity index (χ1n) is 8.53. The van der Waals surface area contributed by atoms with Crippen LogP contribution in [-0.2, 0) is 6.61 Å². The number of ether oxygens (including phenoxy) is 1. The molecule has 0 amide bonds. The summed E-state index contributed by atoms with van der Waals surface area (Å²) in [5.41, 5.74) is 2.81. The van der Waals surface area contributed by atoms with Crippen molar-refractivity contribution in [3.05, 3.63) is 94.2 Å². The molecule has 4 rings (SSSR count). The number of halogens is 2. The number of aromatic carboxylic acids is 1. The Morgan fingerprint density at radius 2 is 1.71 bits per heavy atom. The van der Waals surface area contributed by atoms with Crippen molar-refractivity contribution in [2.24, 2.45) is 0 Å². The van der Waals surface area contributed by atoms with Crippen LogP contribution in [0.25, 0.3) is 16.6 Å². The summed E-state index contributed by atoms with van der Waals surface area (Å²) < 4.78 is 7.55. The van der Waals surface area contributed by atoms with Crippen molar-refractivity contribution in [2.45, 2.75) is 6.61 Å². The van der Waals surface area contributed by atoms with E-state index in [0.717, 1.165) is 5.56 Å². The van der Waals surface area contributed by atoms with Crippen molar-refractivity contribution < 1.29 is 14.6 Å². The van der Waals surface area contributed by atoms with Crippen LogP contribution in [0.2, 0.25) is 10.0 Å². The topological polar surface area (TPSA) is 50.9 Å². The summed E-state index contributed by atoms with van der Waals surface area (Å²) in [6.07, 6.45) is 3.53.